The van der Waals surface area contributed by atoms with Gasteiger partial charge in [-0.15, -0.1) is 0 Å². The lowest BCUT2D eigenvalue weighted by Gasteiger charge is -2.24. The van der Waals surface area contributed by atoms with Crippen LogP contribution in [0.2, 0.25) is 0 Å². The quantitative estimate of drug-likeness (QED) is 0.768. The zero-order chi connectivity index (χ0) is 15.0. The summed E-state index contributed by atoms with van der Waals surface area (Å²) in [4.78, 5) is 11.8. The lowest BCUT2D eigenvalue weighted by molar-refractivity contribution is -0.121. The number of amides is 1. The number of benzene rings is 1. The highest BCUT2D eigenvalue weighted by molar-refractivity contribution is 5.78. The molecule has 0 saturated heterocycles. The fourth-order valence-corrected chi connectivity index (χ4v) is 1.74. The maximum atomic E-state index is 11.8. The highest BCUT2D eigenvalue weighted by atomic mass is 16.5. The minimum Gasteiger partial charge on any atom is -0.494 e. The molecule has 0 aliphatic heterocycles. The molecular formula is C16H26N2O2. The molecule has 1 amide bonds. The van der Waals surface area contributed by atoms with Gasteiger partial charge in [-0.1, -0.05) is 19.1 Å². The van der Waals surface area contributed by atoms with Gasteiger partial charge in [0.1, 0.15) is 5.75 Å². The van der Waals surface area contributed by atoms with Gasteiger partial charge in [-0.25, -0.2) is 0 Å². The van der Waals surface area contributed by atoms with Crippen LogP contribution in [0.4, 0.5) is 0 Å². The Morgan fingerprint density at radius 1 is 1.30 bits per heavy atom. The van der Waals surface area contributed by atoms with Crippen molar-refractivity contribution in [1.82, 2.24) is 10.6 Å². The Morgan fingerprint density at radius 3 is 2.70 bits per heavy atom. The number of ether oxygens (including phenoxy) is 1. The van der Waals surface area contributed by atoms with E-state index in [1.54, 1.807) is 0 Å². The first-order valence-corrected chi connectivity index (χ1v) is 7.20. The first kappa shape index (κ1) is 16.5. The second-order valence-corrected chi connectivity index (χ2v) is 5.47. The minimum absolute atomic E-state index is 0.0258. The molecule has 0 saturated carbocycles. The molecule has 112 valence electrons. The van der Waals surface area contributed by atoms with E-state index in [9.17, 15) is 4.79 Å². The Balaban J connectivity index is 2.37. The van der Waals surface area contributed by atoms with Crippen LogP contribution in [0, 0.1) is 0 Å². The molecule has 1 aromatic carbocycles. The topological polar surface area (TPSA) is 50.4 Å². The van der Waals surface area contributed by atoms with Crippen LogP contribution < -0.4 is 15.4 Å². The Kier molecular flexibility index (Phi) is 6.52. The summed E-state index contributed by atoms with van der Waals surface area (Å²) in [5.41, 5.74) is 0.965. The number of carbonyl (C=O) groups is 1. The summed E-state index contributed by atoms with van der Waals surface area (Å²) >= 11 is 0. The number of hydrogen-bond donors (Lipinski definition) is 2. The molecule has 0 aliphatic carbocycles. The van der Waals surface area contributed by atoms with Crippen LogP contribution >= 0.6 is 0 Å². The third kappa shape index (κ3) is 6.06. The third-order valence-electron chi connectivity index (χ3n) is 3.19. The van der Waals surface area contributed by atoms with Crippen molar-refractivity contribution in [3.05, 3.63) is 29.8 Å². The predicted octanol–water partition coefficient (Wildman–Crippen LogP) is 2.48. The Bertz CT molecular complexity index is 430. The molecular weight excluding hydrogens is 252 g/mol. The second kappa shape index (κ2) is 7.90. The first-order chi connectivity index (χ1) is 9.46. The molecule has 4 nitrogen and oxygen atoms in total. The van der Waals surface area contributed by atoms with Gasteiger partial charge in [-0.2, -0.15) is 0 Å². The monoisotopic (exact) mass is 278 g/mol. The van der Waals surface area contributed by atoms with Crippen LogP contribution in [0.3, 0.4) is 0 Å². The molecule has 0 unspecified atom stereocenters. The molecule has 0 spiro atoms. The second-order valence-electron chi connectivity index (χ2n) is 5.47. The van der Waals surface area contributed by atoms with Gasteiger partial charge in [0.25, 0.3) is 0 Å². The van der Waals surface area contributed by atoms with E-state index in [1.165, 1.54) is 0 Å². The summed E-state index contributed by atoms with van der Waals surface area (Å²) < 4.78 is 5.45. The van der Waals surface area contributed by atoms with Crippen molar-refractivity contribution in [2.75, 3.05) is 13.2 Å². The minimum atomic E-state index is -0.145. The maximum absolute atomic E-state index is 11.8. The highest BCUT2D eigenvalue weighted by Gasteiger charge is 2.16. The standard InChI is InChI=1S/C16H26N2O2/c1-5-16(3,4)18-15(19)12-17-11-13-8-7-9-14(10-13)20-6-2/h7-10,17H,5-6,11-12H2,1-4H3,(H,18,19). The number of nitrogens with one attached hydrogen (secondary N) is 2. The van der Waals surface area contributed by atoms with E-state index >= 15 is 0 Å². The van der Waals surface area contributed by atoms with Crippen LogP contribution in [-0.2, 0) is 11.3 Å². The van der Waals surface area contributed by atoms with E-state index in [0.29, 0.717) is 19.7 Å². The van der Waals surface area contributed by atoms with E-state index in [1.807, 2.05) is 45.0 Å². The van der Waals surface area contributed by atoms with Crippen molar-refractivity contribution in [2.45, 2.75) is 46.2 Å². The molecule has 0 aromatic heterocycles. The van der Waals surface area contributed by atoms with E-state index in [-0.39, 0.29) is 11.4 Å². The molecule has 20 heavy (non-hydrogen) atoms. The fourth-order valence-electron chi connectivity index (χ4n) is 1.74. The average molecular weight is 278 g/mol. The van der Waals surface area contributed by atoms with Gasteiger partial charge in [0.15, 0.2) is 0 Å². The molecule has 0 bridgehead atoms. The van der Waals surface area contributed by atoms with Crippen LogP contribution in [0.25, 0.3) is 0 Å². The van der Waals surface area contributed by atoms with E-state index < -0.39 is 0 Å². The Labute approximate surface area is 121 Å². The third-order valence-corrected chi connectivity index (χ3v) is 3.19. The van der Waals surface area contributed by atoms with Gasteiger partial charge in [-0.05, 0) is 44.9 Å². The van der Waals surface area contributed by atoms with Crippen molar-refractivity contribution in [1.29, 1.82) is 0 Å². The van der Waals surface area contributed by atoms with E-state index in [0.717, 1.165) is 17.7 Å². The lowest BCUT2D eigenvalue weighted by atomic mass is 10.0. The summed E-state index contributed by atoms with van der Waals surface area (Å²) in [6, 6.07) is 7.90. The molecule has 0 heterocycles. The van der Waals surface area contributed by atoms with Gasteiger partial charge in [0.05, 0.1) is 13.2 Å². The molecule has 0 atom stereocenters. The molecule has 4 heteroatoms. The summed E-state index contributed by atoms with van der Waals surface area (Å²) in [6.45, 7) is 9.71. The van der Waals surface area contributed by atoms with E-state index in [2.05, 4.69) is 17.6 Å². The van der Waals surface area contributed by atoms with Crippen molar-refractivity contribution < 1.29 is 9.53 Å². The normalized spacial score (nSPS) is 11.2. The van der Waals surface area contributed by atoms with Crippen molar-refractivity contribution >= 4 is 5.91 Å². The summed E-state index contributed by atoms with van der Waals surface area (Å²) in [5, 5.41) is 6.15. The zero-order valence-corrected chi connectivity index (χ0v) is 13.0. The molecule has 0 aliphatic rings. The summed E-state index contributed by atoms with van der Waals surface area (Å²) in [5.74, 6) is 0.890. The molecule has 2 N–H and O–H groups in total. The summed E-state index contributed by atoms with van der Waals surface area (Å²) in [7, 11) is 0. The molecule has 0 radical (unpaired) electrons. The van der Waals surface area contributed by atoms with Gasteiger partial charge in [0, 0.05) is 12.1 Å². The fraction of sp³-hybridized carbons (Fsp3) is 0.562. The molecule has 1 rings (SSSR count). The van der Waals surface area contributed by atoms with Gasteiger partial charge in [-0.3, -0.25) is 4.79 Å². The maximum Gasteiger partial charge on any atom is 0.234 e. The summed E-state index contributed by atoms with van der Waals surface area (Å²) in [6.07, 6.45) is 0.912. The number of rotatable bonds is 8. The Hall–Kier alpha value is -1.55. The van der Waals surface area contributed by atoms with Crippen molar-refractivity contribution in [3.63, 3.8) is 0 Å². The number of carbonyl (C=O) groups excluding carboxylic acids is 1. The zero-order valence-electron chi connectivity index (χ0n) is 13.0. The van der Waals surface area contributed by atoms with Gasteiger partial charge >= 0.3 is 0 Å². The van der Waals surface area contributed by atoms with Crippen molar-refractivity contribution in [3.8, 4) is 5.75 Å². The molecule has 1 aromatic rings. The highest BCUT2D eigenvalue weighted by Crippen LogP contribution is 2.13. The van der Waals surface area contributed by atoms with Crippen LogP contribution in [0.5, 0.6) is 5.75 Å². The van der Waals surface area contributed by atoms with E-state index in [4.69, 9.17) is 4.74 Å². The Morgan fingerprint density at radius 2 is 2.05 bits per heavy atom. The predicted molar refractivity (Wildman–Crippen MR) is 81.8 cm³/mol. The first-order valence-electron chi connectivity index (χ1n) is 7.20. The van der Waals surface area contributed by atoms with Crippen LogP contribution in [0.15, 0.2) is 24.3 Å². The SMILES string of the molecule is CCOc1cccc(CNCC(=O)NC(C)(C)CC)c1. The number of hydrogen-bond acceptors (Lipinski definition) is 3. The van der Waals surface area contributed by atoms with Crippen molar-refractivity contribution in [2.24, 2.45) is 0 Å². The van der Waals surface area contributed by atoms with Gasteiger partial charge in [0.2, 0.25) is 5.91 Å². The lowest BCUT2D eigenvalue weighted by Crippen LogP contribution is -2.46. The van der Waals surface area contributed by atoms with Crippen LogP contribution in [-0.4, -0.2) is 24.6 Å². The van der Waals surface area contributed by atoms with Crippen LogP contribution in [0.1, 0.15) is 39.7 Å². The largest absolute Gasteiger partial charge is 0.494 e. The average Bonchev–Trinajstić information content (AvgIpc) is 2.39. The molecule has 0 fully saturated rings. The smallest absolute Gasteiger partial charge is 0.234 e. The van der Waals surface area contributed by atoms with Gasteiger partial charge < -0.3 is 15.4 Å².